The molecule has 0 bridgehead atoms. The second-order valence-electron chi connectivity index (χ2n) is 4.23. The summed E-state index contributed by atoms with van der Waals surface area (Å²) < 4.78 is 27.6. The van der Waals surface area contributed by atoms with Crippen molar-refractivity contribution in [3.05, 3.63) is 5.82 Å². The van der Waals surface area contributed by atoms with Gasteiger partial charge in [0.05, 0.1) is 11.5 Å². The summed E-state index contributed by atoms with van der Waals surface area (Å²) in [4.78, 5) is 6.05. The van der Waals surface area contributed by atoms with E-state index in [4.69, 9.17) is 4.52 Å². The summed E-state index contributed by atoms with van der Waals surface area (Å²) in [5.74, 6) is 1.19. The fraction of sp³-hybridized carbons (Fsp3) is 0.778. The van der Waals surface area contributed by atoms with Crippen LogP contribution >= 0.6 is 0 Å². The van der Waals surface area contributed by atoms with Gasteiger partial charge in [-0.25, -0.2) is 8.42 Å². The van der Waals surface area contributed by atoms with Crippen LogP contribution < -0.4 is 4.90 Å². The smallest absolute Gasteiger partial charge is 0.322 e. The minimum atomic E-state index is -2.86. The Morgan fingerprint density at radius 3 is 2.44 bits per heavy atom. The van der Waals surface area contributed by atoms with E-state index in [0.29, 0.717) is 24.9 Å². The fourth-order valence-electron chi connectivity index (χ4n) is 1.49. The molecule has 0 radical (unpaired) electrons. The number of hydrogen-bond acceptors (Lipinski definition) is 6. The van der Waals surface area contributed by atoms with Gasteiger partial charge < -0.3 is 9.42 Å². The number of nitrogens with zero attached hydrogens (tertiary/aromatic N) is 3. The fourth-order valence-corrected chi connectivity index (χ4v) is 2.69. The summed E-state index contributed by atoms with van der Waals surface area (Å²) in [6.45, 7) is 4.83. The zero-order chi connectivity index (χ0) is 11.8. The summed E-state index contributed by atoms with van der Waals surface area (Å²) in [6, 6.07) is 0.429. The molecule has 0 aromatic carbocycles. The van der Waals surface area contributed by atoms with Crippen LogP contribution in [0.4, 0.5) is 6.01 Å². The molecule has 1 aliphatic rings. The average molecular weight is 245 g/mol. The van der Waals surface area contributed by atoms with Gasteiger partial charge in [-0.3, -0.25) is 0 Å². The maximum Gasteiger partial charge on any atom is 0.324 e. The lowest BCUT2D eigenvalue weighted by molar-refractivity contribution is 0.404. The molecule has 6 nitrogen and oxygen atoms in total. The summed E-state index contributed by atoms with van der Waals surface area (Å²) in [5, 5.41) is 3.85. The molecule has 0 N–H and O–H groups in total. The van der Waals surface area contributed by atoms with Crippen LogP contribution in [0.3, 0.4) is 0 Å². The average Bonchev–Trinajstić information content (AvgIpc) is 2.66. The molecule has 90 valence electrons. The van der Waals surface area contributed by atoms with Gasteiger partial charge in [-0.15, -0.1) is 0 Å². The van der Waals surface area contributed by atoms with E-state index in [-0.39, 0.29) is 17.4 Å². The summed E-state index contributed by atoms with van der Waals surface area (Å²) >= 11 is 0. The van der Waals surface area contributed by atoms with Crippen LogP contribution in [0.2, 0.25) is 0 Å². The topological polar surface area (TPSA) is 76.3 Å². The van der Waals surface area contributed by atoms with Gasteiger partial charge in [-0.1, -0.05) is 19.0 Å². The monoisotopic (exact) mass is 245 g/mol. The van der Waals surface area contributed by atoms with Crippen molar-refractivity contribution in [1.29, 1.82) is 0 Å². The highest BCUT2D eigenvalue weighted by Crippen LogP contribution is 2.18. The number of hydrogen-bond donors (Lipinski definition) is 0. The van der Waals surface area contributed by atoms with E-state index in [1.54, 1.807) is 0 Å². The van der Waals surface area contributed by atoms with Crippen LogP contribution in [0.1, 0.15) is 25.6 Å². The van der Waals surface area contributed by atoms with Crippen molar-refractivity contribution in [3.8, 4) is 0 Å². The van der Waals surface area contributed by atoms with Gasteiger partial charge in [0.1, 0.15) is 0 Å². The normalized spacial score (nSPS) is 20.3. The van der Waals surface area contributed by atoms with Gasteiger partial charge in [-0.05, 0) is 0 Å². The maximum absolute atomic E-state index is 11.2. The van der Waals surface area contributed by atoms with Crippen LogP contribution in [0, 0.1) is 0 Å². The molecule has 2 heterocycles. The quantitative estimate of drug-likeness (QED) is 0.752. The Morgan fingerprint density at radius 1 is 1.31 bits per heavy atom. The van der Waals surface area contributed by atoms with Crippen molar-refractivity contribution in [3.63, 3.8) is 0 Å². The van der Waals surface area contributed by atoms with Crippen molar-refractivity contribution in [2.24, 2.45) is 0 Å². The minimum Gasteiger partial charge on any atom is -0.322 e. The van der Waals surface area contributed by atoms with E-state index in [9.17, 15) is 8.42 Å². The lowest BCUT2D eigenvalue weighted by Gasteiger charge is -2.24. The summed E-state index contributed by atoms with van der Waals surface area (Å²) in [6.07, 6.45) is 0. The highest BCUT2D eigenvalue weighted by Gasteiger charge is 2.25. The van der Waals surface area contributed by atoms with Crippen molar-refractivity contribution >= 4 is 15.9 Å². The first-order chi connectivity index (χ1) is 7.48. The molecule has 1 fully saturated rings. The molecule has 1 aromatic rings. The van der Waals surface area contributed by atoms with Crippen LogP contribution in [-0.4, -0.2) is 43.2 Å². The molecule has 1 aromatic heterocycles. The van der Waals surface area contributed by atoms with E-state index in [0.717, 1.165) is 0 Å². The Labute approximate surface area is 94.6 Å². The second-order valence-corrected chi connectivity index (χ2v) is 6.53. The van der Waals surface area contributed by atoms with E-state index in [1.165, 1.54) is 0 Å². The molecule has 2 rings (SSSR count). The number of rotatable bonds is 2. The van der Waals surface area contributed by atoms with E-state index in [2.05, 4.69) is 10.1 Å². The number of sulfone groups is 1. The second kappa shape index (κ2) is 4.04. The van der Waals surface area contributed by atoms with Gasteiger partial charge in [0.15, 0.2) is 15.7 Å². The standard InChI is InChI=1S/C9H15N3O3S/c1-7(2)8-10-9(15-11-8)12-3-5-16(13,14)6-4-12/h7H,3-6H2,1-2H3. The zero-order valence-electron chi connectivity index (χ0n) is 9.38. The molecule has 0 saturated carbocycles. The first-order valence-corrected chi connectivity index (χ1v) is 7.09. The Kier molecular flexibility index (Phi) is 2.88. The third-order valence-electron chi connectivity index (χ3n) is 2.56. The predicted octanol–water partition coefficient (Wildman–Crippen LogP) is 0.428. The van der Waals surface area contributed by atoms with Gasteiger partial charge in [-0.2, -0.15) is 4.98 Å². The van der Waals surface area contributed by atoms with E-state index in [1.807, 2.05) is 18.7 Å². The molecule has 0 amide bonds. The summed E-state index contributed by atoms with van der Waals surface area (Å²) in [7, 11) is -2.86. The molecular formula is C9H15N3O3S. The molecule has 16 heavy (non-hydrogen) atoms. The van der Waals surface area contributed by atoms with Gasteiger partial charge >= 0.3 is 6.01 Å². The molecule has 0 unspecified atom stereocenters. The van der Waals surface area contributed by atoms with Crippen LogP contribution in [0.5, 0.6) is 0 Å². The van der Waals surface area contributed by atoms with Crippen LogP contribution in [0.25, 0.3) is 0 Å². The Hall–Kier alpha value is -1.11. The first kappa shape index (κ1) is 11.4. The number of anilines is 1. The largest absolute Gasteiger partial charge is 0.324 e. The summed E-state index contributed by atoms with van der Waals surface area (Å²) in [5.41, 5.74) is 0. The molecule has 1 saturated heterocycles. The molecule has 0 aliphatic carbocycles. The third-order valence-corrected chi connectivity index (χ3v) is 4.17. The van der Waals surface area contributed by atoms with Gasteiger partial charge in [0.25, 0.3) is 0 Å². The van der Waals surface area contributed by atoms with E-state index >= 15 is 0 Å². The van der Waals surface area contributed by atoms with Crippen molar-refractivity contribution in [2.45, 2.75) is 19.8 Å². The van der Waals surface area contributed by atoms with Gasteiger partial charge in [0.2, 0.25) is 0 Å². The lowest BCUT2D eigenvalue weighted by Crippen LogP contribution is -2.40. The Bertz CT molecular complexity index is 452. The van der Waals surface area contributed by atoms with Crippen molar-refractivity contribution in [2.75, 3.05) is 29.5 Å². The Balaban J connectivity index is 2.08. The first-order valence-electron chi connectivity index (χ1n) is 5.27. The van der Waals surface area contributed by atoms with Crippen LogP contribution in [0.15, 0.2) is 4.52 Å². The molecule has 0 spiro atoms. The minimum absolute atomic E-state index is 0.159. The van der Waals surface area contributed by atoms with Crippen LogP contribution in [-0.2, 0) is 9.84 Å². The zero-order valence-corrected chi connectivity index (χ0v) is 10.2. The predicted molar refractivity (Wildman–Crippen MR) is 59.3 cm³/mol. The SMILES string of the molecule is CC(C)c1noc(N2CCS(=O)(=O)CC2)n1. The molecule has 7 heteroatoms. The highest BCUT2D eigenvalue weighted by molar-refractivity contribution is 7.91. The number of aromatic nitrogens is 2. The molecule has 1 aliphatic heterocycles. The molecular weight excluding hydrogens is 230 g/mol. The van der Waals surface area contributed by atoms with E-state index < -0.39 is 9.84 Å². The maximum atomic E-state index is 11.2. The van der Waals surface area contributed by atoms with Crippen molar-refractivity contribution < 1.29 is 12.9 Å². The third kappa shape index (κ3) is 2.34. The van der Waals surface area contributed by atoms with Gasteiger partial charge in [0, 0.05) is 19.0 Å². The highest BCUT2D eigenvalue weighted by atomic mass is 32.2. The molecule has 0 atom stereocenters. The van der Waals surface area contributed by atoms with Crippen molar-refractivity contribution in [1.82, 2.24) is 10.1 Å². The Morgan fingerprint density at radius 2 is 1.94 bits per heavy atom. The lowest BCUT2D eigenvalue weighted by atomic mass is 10.2.